The van der Waals surface area contributed by atoms with E-state index in [1.54, 1.807) is 12.1 Å². The number of carbonyl (C=O) groups is 1. The highest BCUT2D eigenvalue weighted by Crippen LogP contribution is 2.18. The lowest BCUT2D eigenvalue weighted by Gasteiger charge is -2.03. The largest absolute Gasteiger partial charge is 0.476 e. The summed E-state index contributed by atoms with van der Waals surface area (Å²) in [7, 11) is 0. The third-order valence-corrected chi connectivity index (χ3v) is 2.96. The molecule has 3 aromatic rings. The second kappa shape index (κ2) is 4.93. The summed E-state index contributed by atoms with van der Waals surface area (Å²) in [6.45, 7) is 0.0233. The third kappa shape index (κ3) is 2.45. The van der Waals surface area contributed by atoms with E-state index in [-0.39, 0.29) is 12.2 Å². The summed E-state index contributed by atoms with van der Waals surface area (Å²) in [6, 6.07) is 6.29. The van der Waals surface area contributed by atoms with Crippen molar-refractivity contribution in [3.05, 3.63) is 59.4 Å². The quantitative estimate of drug-likeness (QED) is 0.804. The van der Waals surface area contributed by atoms with Crippen LogP contribution in [0.5, 0.6) is 0 Å². The van der Waals surface area contributed by atoms with Crippen LogP contribution in [0.15, 0.2) is 36.5 Å². The number of benzene rings is 1. The van der Waals surface area contributed by atoms with E-state index in [9.17, 15) is 13.6 Å². The number of fused-ring (bicyclic) bond motifs is 1. The van der Waals surface area contributed by atoms with Gasteiger partial charge in [0.2, 0.25) is 0 Å². The molecule has 0 atom stereocenters. The number of pyridine rings is 1. The van der Waals surface area contributed by atoms with E-state index in [4.69, 9.17) is 5.11 Å². The monoisotopic (exact) mass is 289 g/mol. The van der Waals surface area contributed by atoms with Gasteiger partial charge >= 0.3 is 5.97 Å². The number of rotatable bonds is 3. The topological polar surface area (TPSA) is 68.0 Å². The number of aromatic carboxylic acids is 1. The first-order chi connectivity index (χ1) is 10.0. The Hall–Kier alpha value is -2.83. The van der Waals surface area contributed by atoms with Crippen LogP contribution in [-0.4, -0.2) is 25.8 Å². The molecule has 0 aliphatic rings. The minimum Gasteiger partial charge on any atom is -0.476 e. The molecule has 21 heavy (non-hydrogen) atoms. The van der Waals surface area contributed by atoms with Crippen LogP contribution in [0.2, 0.25) is 0 Å². The van der Waals surface area contributed by atoms with Gasteiger partial charge in [0, 0.05) is 12.3 Å². The predicted molar refractivity (Wildman–Crippen MR) is 69.9 cm³/mol. The van der Waals surface area contributed by atoms with Crippen molar-refractivity contribution in [1.29, 1.82) is 0 Å². The summed E-state index contributed by atoms with van der Waals surface area (Å²) in [5, 5.41) is 13.5. The van der Waals surface area contributed by atoms with Crippen LogP contribution in [0, 0.1) is 11.6 Å². The number of halogens is 2. The molecule has 0 fully saturated rings. The Morgan fingerprint density at radius 1 is 1.24 bits per heavy atom. The van der Waals surface area contributed by atoms with E-state index >= 15 is 0 Å². The first-order valence-corrected chi connectivity index (χ1v) is 6.04. The SMILES string of the molecule is O=C(O)c1nn(Cc2cc(F)cc(F)c2)c2ncccc12. The molecule has 0 radical (unpaired) electrons. The summed E-state index contributed by atoms with van der Waals surface area (Å²) in [5.41, 5.74) is 0.536. The second-order valence-electron chi connectivity index (χ2n) is 4.46. The fraction of sp³-hybridized carbons (Fsp3) is 0.0714. The van der Waals surface area contributed by atoms with Crippen molar-refractivity contribution in [3.8, 4) is 0 Å². The molecule has 0 aliphatic heterocycles. The fourth-order valence-electron chi connectivity index (χ4n) is 2.15. The Morgan fingerprint density at radius 3 is 2.62 bits per heavy atom. The van der Waals surface area contributed by atoms with Crippen molar-refractivity contribution in [2.75, 3.05) is 0 Å². The average Bonchev–Trinajstić information content (AvgIpc) is 2.77. The van der Waals surface area contributed by atoms with Gasteiger partial charge in [0.15, 0.2) is 11.3 Å². The van der Waals surface area contributed by atoms with Gasteiger partial charge in [-0.25, -0.2) is 23.2 Å². The molecule has 1 N–H and O–H groups in total. The zero-order chi connectivity index (χ0) is 15.0. The van der Waals surface area contributed by atoms with E-state index in [2.05, 4.69) is 10.1 Å². The Bertz CT molecular complexity index is 825. The van der Waals surface area contributed by atoms with Gasteiger partial charge in [-0.15, -0.1) is 0 Å². The van der Waals surface area contributed by atoms with E-state index in [1.807, 2.05) is 0 Å². The van der Waals surface area contributed by atoms with Crippen molar-refractivity contribution in [2.45, 2.75) is 6.54 Å². The molecule has 0 amide bonds. The maximum atomic E-state index is 13.2. The smallest absolute Gasteiger partial charge is 0.357 e. The number of hydrogen-bond acceptors (Lipinski definition) is 3. The van der Waals surface area contributed by atoms with Crippen LogP contribution in [-0.2, 0) is 6.54 Å². The van der Waals surface area contributed by atoms with Gasteiger partial charge in [-0.3, -0.25) is 0 Å². The van der Waals surface area contributed by atoms with Gasteiger partial charge in [-0.1, -0.05) is 0 Å². The van der Waals surface area contributed by atoms with Crippen molar-refractivity contribution in [1.82, 2.24) is 14.8 Å². The Labute approximate surface area is 117 Å². The Morgan fingerprint density at radius 2 is 1.95 bits per heavy atom. The molecule has 2 heterocycles. The molecule has 1 aromatic carbocycles. The van der Waals surface area contributed by atoms with Crippen LogP contribution in [0.1, 0.15) is 16.1 Å². The minimum atomic E-state index is -1.18. The lowest BCUT2D eigenvalue weighted by atomic mass is 10.2. The van der Waals surface area contributed by atoms with E-state index < -0.39 is 17.6 Å². The highest BCUT2D eigenvalue weighted by atomic mass is 19.1. The van der Waals surface area contributed by atoms with Gasteiger partial charge in [-0.2, -0.15) is 5.10 Å². The molecule has 5 nitrogen and oxygen atoms in total. The lowest BCUT2D eigenvalue weighted by Crippen LogP contribution is -2.05. The number of aromatic nitrogens is 3. The standard InChI is InChI=1S/C14H9F2N3O2/c15-9-4-8(5-10(16)6-9)7-19-13-11(2-1-3-17-13)12(18-19)14(20)21/h1-6H,7H2,(H,20,21). The molecule has 0 aliphatic carbocycles. The number of carboxylic acid groups (broad SMARTS) is 1. The van der Waals surface area contributed by atoms with Crippen LogP contribution >= 0.6 is 0 Å². The molecular formula is C14H9F2N3O2. The molecule has 0 saturated carbocycles. The normalized spacial score (nSPS) is 11.0. The van der Waals surface area contributed by atoms with Gasteiger partial charge < -0.3 is 5.11 Å². The zero-order valence-corrected chi connectivity index (χ0v) is 10.6. The first kappa shape index (κ1) is 13.2. The zero-order valence-electron chi connectivity index (χ0n) is 10.6. The molecule has 2 aromatic heterocycles. The van der Waals surface area contributed by atoms with Crippen molar-refractivity contribution < 1.29 is 18.7 Å². The molecule has 0 unspecified atom stereocenters. The van der Waals surface area contributed by atoms with Crippen molar-refractivity contribution in [3.63, 3.8) is 0 Å². The summed E-state index contributed by atoms with van der Waals surface area (Å²) in [4.78, 5) is 15.2. The molecule has 0 saturated heterocycles. The molecular weight excluding hydrogens is 280 g/mol. The first-order valence-electron chi connectivity index (χ1n) is 6.04. The summed E-state index contributed by atoms with van der Waals surface area (Å²) in [5.74, 6) is -2.59. The lowest BCUT2D eigenvalue weighted by molar-refractivity contribution is 0.0691. The molecule has 3 rings (SSSR count). The molecule has 7 heteroatoms. The number of carboxylic acids is 1. The summed E-state index contributed by atoms with van der Waals surface area (Å²) >= 11 is 0. The highest BCUT2D eigenvalue weighted by molar-refractivity contribution is 5.99. The van der Waals surface area contributed by atoms with Crippen molar-refractivity contribution >= 4 is 17.0 Å². The van der Waals surface area contributed by atoms with Crippen LogP contribution in [0.4, 0.5) is 8.78 Å². The predicted octanol–water partition coefficient (Wildman–Crippen LogP) is 2.46. The van der Waals surface area contributed by atoms with Crippen molar-refractivity contribution in [2.24, 2.45) is 0 Å². The maximum absolute atomic E-state index is 13.2. The Kier molecular flexibility index (Phi) is 3.09. The number of nitrogens with zero attached hydrogens (tertiary/aromatic N) is 3. The summed E-state index contributed by atoms with van der Waals surface area (Å²) in [6.07, 6.45) is 1.50. The molecule has 0 spiro atoms. The van der Waals surface area contributed by atoms with Gasteiger partial charge in [0.05, 0.1) is 11.9 Å². The third-order valence-electron chi connectivity index (χ3n) is 2.96. The summed E-state index contributed by atoms with van der Waals surface area (Å²) < 4.78 is 27.7. The molecule has 0 bridgehead atoms. The molecule has 106 valence electrons. The van der Waals surface area contributed by atoms with Crippen LogP contribution < -0.4 is 0 Å². The van der Waals surface area contributed by atoms with Gasteiger partial charge in [0.25, 0.3) is 0 Å². The van der Waals surface area contributed by atoms with Gasteiger partial charge in [-0.05, 0) is 29.8 Å². The van der Waals surface area contributed by atoms with E-state index in [0.717, 1.165) is 6.07 Å². The van der Waals surface area contributed by atoms with Crippen LogP contribution in [0.25, 0.3) is 11.0 Å². The van der Waals surface area contributed by atoms with E-state index in [0.29, 0.717) is 16.6 Å². The van der Waals surface area contributed by atoms with Crippen LogP contribution in [0.3, 0.4) is 0 Å². The maximum Gasteiger partial charge on any atom is 0.357 e. The average molecular weight is 289 g/mol. The Balaban J connectivity index is 2.10. The second-order valence-corrected chi connectivity index (χ2v) is 4.46. The number of hydrogen-bond donors (Lipinski definition) is 1. The fourth-order valence-corrected chi connectivity index (χ4v) is 2.15. The van der Waals surface area contributed by atoms with E-state index in [1.165, 1.54) is 23.0 Å². The van der Waals surface area contributed by atoms with Gasteiger partial charge in [0.1, 0.15) is 11.6 Å². The highest BCUT2D eigenvalue weighted by Gasteiger charge is 2.17. The minimum absolute atomic E-state index is 0.0233.